The van der Waals surface area contributed by atoms with Crippen molar-refractivity contribution >= 4 is 16.8 Å². The molecule has 122 valence electrons. The van der Waals surface area contributed by atoms with Gasteiger partial charge < -0.3 is 14.5 Å². The van der Waals surface area contributed by atoms with Gasteiger partial charge in [0, 0.05) is 42.6 Å². The molecule has 24 heavy (non-hydrogen) atoms. The Labute approximate surface area is 138 Å². The number of aryl methyl sites for hydroxylation is 1. The number of benzene rings is 1. The molecule has 1 fully saturated rings. The number of amides is 1. The van der Waals surface area contributed by atoms with E-state index in [-0.39, 0.29) is 17.6 Å². The number of hydrogen-bond donors (Lipinski definition) is 1. The average molecular weight is 322 g/mol. The summed E-state index contributed by atoms with van der Waals surface area (Å²) in [6.07, 6.45) is 5.15. The Morgan fingerprint density at radius 1 is 1.29 bits per heavy atom. The molecule has 0 spiro atoms. The number of nitrogens with one attached hydrogen (secondary N) is 1. The molecule has 0 aliphatic carbocycles. The molecule has 2 aromatic heterocycles. The Morgan fingerprint density at radius 3 is 2.96 bits per heavy atom. The van der Waals surface area contributed by atoms with Crippen LogP contribution in [0, 0.1) is 0 Å². The summed E-state index contributed by atoms with van der Waals surface area (Å²) in [4.78, 5) is 32.9. The second kappa shape index (κ2) is 5.63. The van der Waals surface area contributed by atoms with Crippen LogP contribution in [0.2, 0.25) is 0 Å². The first-order valence-electron chi connectivity index (χ1n) is 8.05. The molecule has 6 nitrogen and oxygen atoms in total. The highest BCUT2D eigenvalue weighted by atomic mass is 16.2. The van der Waals surface area contributed by atoms with E-state index in [4.69, 9.17) is 0 Å². The van der Waals surface area contributed by atoms with Crippen LogP contribution in [-0.4, -0.2) is 31.9 Å². The molecular formula is C18H18N4O2. The molecule has 3 aromatic rings. The summed E-state index contributed by atoms with van der Waals surface area (Å²) in [6.45, 7) is 0.692. The number of fused-ring (bicyclic) bond motifs is 1. The molecule has 0 saturated carbocycles. The van der Waals surface area contributed by atoms with Gasteiger partial charge in [-0.3, -0.25) is 4.79 Å². The molecule has 1 atom stereocenters. The maximum Gasteiger partial charge on any atom is 0.345 e. The van der Waals surface area contributed by atoms with Crippen molar-refractivity contribution in [3.8, 4) is 0 Å². The van der Waals surface area contributed by atoms with E-state index in [1.165, 1.54) is 6.20 Å². The van der Waals surface area contributed by atoms with E-state index in [2.05, 4.69) is 9.97 Å². The van der Waals surface area contributed by atoms with Gasteiger partial charge in [-0.1, -0.05) is 18.2 Å². The highest BCUT2D eigenvalue weighted by Crippen LogP contribution is 2.33. The zero-order valence-electron chi connectivity index (χ0n) is 13.4. The maximum atomic E-state index is 13.1. The third-order valence-corrected chi connectivity index (χ3v) is 4.70. The summed E-state index contributed by atoms with van der Waals surface area (Å²) < 4.78 is 1.97. The van der Waals surface area contributed by atoms with Gasteiger partial charge in [0.2, 0.25) is 0 Å². The molecular weight excluding hydrogens is 304 g/mol. The largest absolute Gasteiger partial charge is 0.350 e. The van der Waals surface area contributed by atoms with Crippen molar-refractivity contribution < 1.29 is 4.79 Å². The molecule has 1 saturated heterocycles. The van der Waals surface area contributed by atoms with Crippen LogP contribution in [-0.2, 0) is 7.05 Å². The van der Waals surface area contributed by atoms with Crippen LogP contribution in [0.1, 0.15) is 34.9 Å². The number of carbonyl (C=O) groups excluding carboxylic acids is 1. The summed E-state index contributed by atoms with van der Waals surface area (Å²) in [5.74, 6) is 0.00645. The summed E-state index contributed by atoms with van der Waals surface area (Å²) in [7, 11) is 1.95. The highest BCUT2D eigenvalue weighted by Gasteiger charge is 2.32. The lowest BCUT2D eigenvalue weighted by Crippen LogP contribution is -2.31. The van der Waals surface area contributed by atoms with Crippen molar-refractivity contribution in [3.05, 3.63) is 64.5 Å². The second-order valence-electron chi connectivity index (χ2n) is 6.16. The Kier molecular flexibility index (Phi) is 3.45. The zero-order valence-corrected chi connectivity index (χ0v) is 13.4. The maximum absolute atomic E-state index is 13.1. The van der Waals surface area contributed by atoms with Crippen molar-refractivity contribution in [1.29, 1.82) is 0 Å². The van der Waals surface area contributed by atoms with Gasteiger partial charge in [0.05, 0.1) is 11.6 Å². The summed E-state index contributed by atoms with van der Waals surface area (Å²) in [5, 5.41) is 0.957. The number of para-hydroxylation sites is 1. The summed E-state index contributed by atoms with van der Waals surface area (Å²) >= 11 is 0. The van der Waals surface area contributed by atoms with Crippen LogP contribution in [0.25, 0.3) is 10.9 Å². The topological polar surface area (TPSA) is 71.0 Å². The average Bonchev–Trinajstić information content (AvgIpc) is 3.20. The Bertz CT molecular complexity index is 972. The molecule has 1 aromatic carbocycles. The molecule has 3 heterocycles. The number of carbonyl (C=O) groups is 1. The van der Waals surface area contributed by atoms with Crippen molar-refractivity contribution in [1.82, 2.24) is 19.4 Å². The molecule has 1 aliphatic heterocycles. The van der Waals surface area contributed by atoms with Gasteiger partial charge in [0.25, 0.3) is 5.91 Å². The monoisotopic (exact) mass is 322 g/mol. The zero-order chi connectivity index (χ0) is 16.7. The Hall–Kier alpha value is -2.89. The third-order valence-electron chi connectivity index (χ3n) is 4.70. The number of hydrogen-bond acceptors (Lipinski definition) is 3. The first-order valence-corrected chi connectivity index (χ1v) is 8.05. The van der Waals surface area contributed by atoms with E-state index in [1.807, 2.05) is 47.0 Å². The van der Waals surface area contributed by atoms with Gasteiger partial charge in [-0.05, 0) is 25.0 Å². The predicted octanol–water partition coefficient (Wildman–Crippen LogP) is 2.24. The van der Waals surface area contributed by atoms with Gasteiger partial charge in [-0.2, -0.15) is 0 Å². The number of aromatic amines is 1. The minimum atomic E-state index is -0.378. The van der Waals surface area contributed by atoms with Crippen molar-refractivity contribution in [2.45, 2.75) is 18.9 Å². The molecule has 1 aliphatic rings. The summed E-state index contributed by atoms with van der Waals surface area (Å²) in [5.41, 5.74) is 2.11. The quantitative estimate of drug-likeness (QED) is 0.786. The minimum absolute atomic E-state index is 0.00645. The fraction of sp³-hybridized carbons (Fsp3) is 0.278. The molecule has 6 heteroatoms. The number of rotatable bonds is 2. The van der Waals surface area contributed by atoms with Crippen LogP contribution < -0.4 is 5.69 Å². The Balaban J connectivity index is 1.74. The number of likely N-dealkylation sites (tertiary alicyclic amines) is 1. The van der Waals surface area contributed by atoms with Crippen LogP contribution in [0.3, 0.4) is 0 Å². The highest BCUT2D eigenvalue weighted by molar-refractivity contribution is 6.07. The van der Waals surface area contributed by atoms with Crippen LogP contribution >= 0.6 is 0 Å². The molecule has 1 unspecified atom stereocenters. The lowest BCUT2D eigenvalue weighted by Gasteiger charge is -2.24. The smallest absolute Gasteiger partial charge is 0.345 e. The second-order valence-corrected chi connectivity index (χ2v) is 6.16. The van der Waals surface area contributed by atoms with E-state index >= 15 is 0 Å². The van der Waals surface area contributed by atoms with E-state index in [9.17, 15) is 9.59 Å². The standard InChI is InChI=1S/C18H18N4O2/c1-21-11-13(12-5-2-3-6-15(12)21)17(23)22-10-4-7-16(22)14-8-9-19-18(24)20-14/h2-3,5-6,8-9,11,16H,4,7,10H2,1H3,(H,19,20,24). The predicted molar refractivity (Wildman–Crippen MR) is 90.8 cm³/mol. The number of aromatic nitrogens is 3. The van der Waals surface area contributed by atoms with Crippen LogP contribution in [0.5, 0.6) is 0 Å². The first-order chi connectivity index (χ1) is 11.6. The SMILES string of the molecule is Cn1cc(C(=O)N2CCCC2c2ccnc(=O)[nH]2)c2ccccc21. The van der Waals surface area contributed by atoms with Crippen molar-refractivity contribution in [2.75, 3.05) is 6.54 Å². The molecule has 1 amide bonds. The van der Waals surface area contributed by atoms with Crippen LogP contribution in [0.15, 0.2) is 47.5 Å². The first kappa shape index (κ1) is 14.7. The van der Waals surface area contributed by atoms with Gasteiger partial charge in [0.15, 0.2) is 0 Å². The molecule has 4 rings (SSSR count). The van der Waals surface area contributed by atoms with Crippen LogP contribution in [0.4, 0.5) is 0 Å². The fourth-order valence-electron chi connectivity index (χ4n) is 3.58. The fourth-order valence-corrected chi connectivity index (χ4v) is 3.58. The lowest BCUT2D eigenvalue weighted by molar-refractivity contribution is 0.0734. The molecule has 1 N–H and O–H groups in total. The Morgan fingerprint density at radius 2 is 2.12 bits per heavy atom. The van der Waals surface area contributed by atoms with Gasteiger partial charge >= 0.3 is 5.69 Å². The van der Waals surface area contributed by atoms with Gasteiger partial charge in [-0.15, -0.1) is 0 Å². The number of nitrogens with zero attached hydrogens (tertiary/aromatic N) is 3. The minimum Gasteiger partial charge on any atom is -0.350 e. The van der Waals surface area contributed by atoms with Gasteiger partial charge in [0.1, 0.15) is 0 Å². The third kappa shape index (κ3) is 2.31. The van der Waals surface area contributed by atoms with Gasteiger partial charge in [-0.25, -0.2) is 9.78 Å². The van der Waals surface area contributed by atoms with E-state index in [1.54, 1.807) is 6.07 Å². The normalized spacial score (nSPS) is 17.5. The molecule has 0 bridgehead atoms. The van der Waals surface area contributed by atoms with E-state index in [0.29, 0.717) is 12.1 Å². The van der Waals surface area contributed by atoms with Crippen molar-refractivity contribution in [3.63, 3.8) is 0 Å². The van der Waals surface area contributed by atoms with E-state index < -0.39 is 0 Å². The summed E-state index contributed by atoms with van der Waals surface area (Å²) in [6, 6.07) is 9.57. The van der Waals surface area contributed by atoms with E-state index in [0.717, 1.165) is 29.4 Å². The number of H-pyrrole nitrogens is 1. The van der Waals surface area contributed by atoms with Crippen molar-refractivity contribution in [2.24, 2.45) is 7.05 Å². The molecule has 0 radical (unpaired) electrons. The lowest BCUT2D eigenvalue weighted by atomic mass is 10.1.